The highest BCUT2D eigenvalue weighted by Gasteiger charge is 2.41. The summed E-state index contributed by atoms with van der Waals surface area (Å²) < 4.78 is 0. The standard InChI is InChI=1S/C49H37NO2/c1-28-34-15-9-8-14-32(34)26-44-45(28)49(4,5)42-23-29(22-39-46(51)37-24-30-12-6-7-13-31(30)25-38(37)47(39)52)18-21-43(42)50(44)33-19-20-36-35-16-10-11-17-40(35)48(2,3)41(36)27-33/h6-27H,1-5H3. The first-order valence-corrected chi connectivity index (χ1v) is 18.1. The van der Waals surface area contributed by atoms with Gasteiger partial charge in [0.15, 0.2) is 11.6 Å². The molecule has 0 N–H and O–H groups in total. The van der Waals surface area contributed by atoms with Crippen LogP contribution in [0, 0.1) is 6.92 Å². The monoisotopic (exact) mass is 671 g/mol. The summed E-state index contributed by atoms with van der Waals surface area (Å²) in [5, 5.41) is 4.37. The Labute approximate surface area is 303 Å². The third-order valence-electron chi connectivity index (χ3n) is 12.1. The Kier molecular flexibility index (Phi) is 6.20. The summed E-state index contributed by atoms with van der Waals surface area (Å²) in [6.45, 7) is 11.5. The molecule has 0 spiro atoms. The van der Waals surface area contributed by atoms with Crippen molar-refractivity contribution in [3.05, 3.63) is 177 Å². The first-order valence-electron chi connectivity index (χ1n) is 18.1. The Morgan fingerprint density at radius 2 is 1.15 bits per heavy atom. The van der Waals surface area contributed by atoms with Crippen molar-refractivity contribution in [3.8, 4) is 11.1 Å². The van der Waals surface area contributed by atoms with Crippen molar-refractivity contribution in [1.29, 1.82) is 0 Å². The molecule has 0 bridgehead atoms. The summed E-state index contributed by atoms with van der Waals surface area (Å²) >= 11 is 0. The van der Waals surface area contributed by atoms with Gasteiger partial charge in [-0.25, -0.2) is 0 Å². The molecule has 52 heavy (non-hydrogen) atoms. The second-order valence-electron chi connectivity index (χ2n) is 15.7. The zero-order valence-electron chi connectivity index (χ0n) is 30.0. The summed E-state index contributed by atoms with van der Waals surface area (Å²) in [6.07, 6.45) is 1.80. The normalized spacial score (nSPS) is 16.1. The molecule has 0 unspecified atom stereocenters. The van der Waals surface area contributed by atoms with Gasteiger partial charge in [0, 0.05) is 27.6 Å². The first-order chi connectivity index (χ1) is 25.0. The molecule has 7 aromatic carbocycles. The average Bonchev–Trinajstić information content (AvgIpc) is 3.51. The van der Waals surface area contributed by atoms with Crippen LogP contribution in [0.2, 0.25) is 0 Å². The number of anilines is 3. The van der Waals surface area contributed by atoms with Gasteiger partial charge in [0.2, 0.25) is 0 Å². The quantitative estimate of drug-likeness (QED) is 0.136. The van der Waals surface area contributed by atoms with Crippen LogP contribution < -0.4 is 4.90 Å². The molecule has 250 valence electrons. The van der Waals surface area contributed by atoms with E-state index in [0.29, 0.717) is 11.1 Å². The van der Waals surface area contributed by atoms with Gasteiger partial charge in [-0.05, 0) is 122 Å². The zero-order valence-corrected chi connectivity index (χ0v) is 30.0. The van der Waals surface area contributed by atoms with Crippen LogP contribution in [-0.2, 0) is 10.8 Å². The number of hydrogen-bond donors (Lipinski definition) is 0. The topological polar surface area (TPSA) is 37.4 Å². The number of carbonyl (C=O) groups excluding carboxylic acids is 2. The number of hydrogen-bond acceptors (Lipinski definition) is 3. The molecule has 0 saturated heterocycles. The molecule has 0 aromatic heterocycles. The minimum Gasteiger partial charge on any atom is -0.310 e. The van der Waals surface area contributed by atoms with Crippen molar-refractivity contribution >= 4 is 56.2 Å². The number of carbonyl (C=O) groups is 2. The highest BCUT2D eigenvalue weighted by atomic mass is 16.2. The van der Waals surface area contributed by atoms with Crippen molar-refractivity contribution in [1.82, 2.24) is 0 Å². The minimum absolute atomic E-state index is 0.137. The molecule has 2 aliphatic carbocycles. The molecule has 1 heterocycles. The Bertz CT molecular complexity index is 2740. The van der Waals surface area contributed by atoms with E-state index in [0.717, 1.165) is 33.3 Å². The molecule has 0 saturated carbocycles. The number of Topliss-reactive ketones (excluding diaryl/α,β-unsaturated/α-hetero) is 2. The van der Waals surface area contributed by atoms with Crippen LogP contribution in [0.5, 0.6) is 0 Å². The Morgan fingerprint density at radius 3 is 1.88 bits per heavy atom. The molecule has 0 fully saturated rings. The van der Waals surface area contributed by atoms with Crippen LogP contribution in [0.15, 0.2) is 133 Å². The van der Waals surface area contributed by atoms with E-state index < -0.39 is 0 Å². The van der Waals surface area contributed by atoms with E-state index in [-0.39, 0.29) is 28.0 Å². The average molecular weight is 672 g/mol. The maximum absolute atomic E-state index is 13.8. The predicted octanol–water partition coefficient (Wildman–Crippen LogP) is 12.2. The number of ketones is 2. The summed E-state index contributed by atoms with van der Waals surface area (Å²) in [7, 11) is 0. The maximum atomic E-state index is 13.8. The van der Waals surface area contributed by atoms with Crippen LogP contribution in [0.25, 0.3) is 38.7 Å². The van der Waals surface area contributed by atoms with Crippen molar-refractivity contribution in [2.45, 2.75) is 45.4 Å². The number of benzene rings is 7. The fourth-order valence-corrected chi connectivity index (χ4v) is 9.50. The lowest BCUT2D eigenvalue weighted by molar-refractivity contribution is 0.0990. The number of fused-ring (bicyclic) bond motifs is 8. The molecular formula is C49H37NO2. The van der Waals surface area contributed by atoms with E-state index in [4.69, 9.17) is 0 Å². The first kappa shape index (κ1) is 30.7. The van der Waals surface area contributed by atoms with E-state index in [1.54, 1.807) is 6.08 Å². The fraction of sp³-hybridized carbons (Fsp3) is 0.143. The van der Waals surface area contributed by atoms with E-state index in [9.17, 15) is 9.59 Å². The van der Waals surface area contributed by atoms with Gasteiger partial charge in [0.1, 0.15) is 0 Å². The summed E-state index contributed by atoms with van der Waals surface area (Å²) in [6, 6.07) is 44.7. The molecule has 0 radical (unpaired) electrons. The van der Waals surface area contributed by atoms with Gasteiger partial charge in [-0.15, -0.1) is 0 Å². The van der Waals surface area contributed by atoms with Gasteiger partial charge >= 0.3 is 0 Å². The third kappa shape index (κ3) is 4.08. The molecule has 3 nitrogen and oxygen atoms in total. The highest BCUT2D eigenvalue weighted by Crippen LogP contribution is 2.56. The Morgan fingerprint density at radius 1 is 0.519 bits per heavy atom. The minimum atomic E-state index is -0.375. The summed E-state index contributed by atoms with van der Waals surface area (Å²) in [5.41, 5.74) is 13.9. The van der Waals surface area contributed by atoms with Crippen molar-refractivity contribution in [2.75, 3.05) is 4.90 Å². The van der Waals surface area contributed by atoms with Crippen LogP contribution in [0.3, 0.4) is 0 Å². The van der Waals surface area contributed by atoms with Crippen LogP contribution in [-0.4, -0.2) is 11.6 Å². The molecular weight excluding hydrogens is 635 g/mol. The SMILES string of the molecule is Cc1c2c(cc3ccccc13)N(c1ccc3c(c1)C(C)(C)c1ccccc1-3)c1ccc(C=C3C(=O)c4cc5ccccc5cc4C3=O)cc1C2(C)C. The van der Waals surface area contributed by atoms with Gasteiger partial charge < -0.3 is 4.90 Å². The largest absolute Gasteiger partial charge is 0.310 e. The maximum Gasteiger partial charge on any atom is 0.197 e. The lowest BCUT2D eigenvalue weighted by Gasteiger charge is -2.43. The molecule has 1 aliphatic heterocycles. The summed E-state index contributed by atoms with van der Waals surface area (Å²) in [5.74, 6) is -0.419. The van der Waals surface area contributed by atoms with Crippen molar-refractivity contribution in [3.63, 3.8) is 0 Å². The van der Waals surface area contributed by atoms with E-state index in [1.165, 1.54) is 49.8 Å². The molecule has 0 atom stereocenters. The Hall–Kier alpha value is -6.06. The van der Waals surface area contributed by atoms with Crippen molar-refractivity contribution in [2.24, 2.45) is 0 Å². The van der Waals surface area contributed by atoms with E-state index in [1.807, 2.05) is 36.4 Å². The number of nitrogens with zero attached hydrogens (tertiary/aromatic N) is 1. The molecule has 10 rings (SSSR count). The number of rotatable bonds is 2. The zero-order chi connectivity index (χ0) is 35.7. The van der Waals surface area contributed by atoms with E-state index in [2.05, 4.69) is 131 Å². The van der Waals surface area contributed by atoms with Gasteiger partial charge in [-0.3, -0.25) is 9.59 Å². The fourth-order valence-electron chi connectivity index (χ4n) is 9.50. The molecule has 3 aliphatic rings. The van der Waals surface area contributed by atoms with Crippen LogP contribution in [0.1, 0.15) is 81.8 Å². The van der Waals surface area contributed by atoms with Gasteiger partial charge in [0.25, 0.3) is 0 Å². The van der Waals surface area contributed by atoms with Crippen LogP contribution in [0.4, 0.5) is 17.1 Å². The molecule has 0 amide bonds. The third-order valence-corrected chi connectivity index (χ3v) is 12.1. The number of aryl methyl sites for hydroxylation is 1. The molecule has 3 heteroatoms. The van der Waals surface area contributed by atoms with Gasteiger partial charge in [-0.1, -0.05) is 113 Å². The van der Waals surface area contributed by atoms with Crippen molar-refractivity contribution < 1.29 is 9.59 Å². The smallest absolute Gasteiger partial charge is 0.197 e. The van der Waals surface area contributed by atoms with Gasteiger partial charge in [-0.2, -0.15) is 0 Å². The summed E-state index contributed by atoms with van der Waals surface area (Å²) in [4.78, 5) is 30.0. The Balaban J connectivity index is 1.17. The van der Waals surface area contributed by atoms with Gasteiger partial charge in [0.05, 0.1) is 16.9 Å². The van der Waals surface area contributed by atoms with Crippen LogP contribution >= 0.6 is 0 Å². The second-order valence-corrected chi connectivity index (χ2v) is 15.7. The highest BCUT2D eigenvalue weighted by molar-refractivity contribution is 6.42. The number of allylic oxidation sites excluding steroid dienone is 1. The lowest BCUT2D eigenvalue weighted by Crippen LogP contribution is -2.32. The predicted molar refractivity (Wildman–Crippen MR) is 214 cm³/mol. The molecule has 7 aromatic rings. The second kappa shape index (κ2) is 10.5. The lowest BCUT2D eigenvalue weighted by atomic mass is 9.70. The van der Waals surface area contributed by atoms with E-state index >= 15 is 0 Å².